The minimum absolute atomic E-state index is 0.184. The van der Waals surface area contributed by atoms with Crippen molar-refractivity contribution in [2.24, 2.45) is 10.8 Å². The lowest BCUT2D eigenvalue weighted by Gasteiger charge is -2.73. The molecule has 2 amide bonds. The molecule has 0 aromatic heterocycles. The summed E-state index contributed by atoms with van der Waals surface area (Å²) in [7, 11) is 0. The van der Waals surface area contributed by atoms with E-state index in [0.29, 0.717) is 17.4 Å². The molecule has 0 spiro atoms. The third-order valence-corrected chi connectivity index (χ3v) is 8.23. The van der Waals surface area contributed by atoms with Gasteiger partial charge in [-0.25, -0.2) is 9.59 Å². The number of nitrogens with zero attached hydrogens (tertiary/aromatic N) is 4. The third kappa shape index (κ3) is 5.80. The fourth-order valence-corrected chi connectivity index (χ4v) is 6.83. The van der Waals surface area contributed by atoms with E-state index in [4.69, 9.17) is 9.47 Å². The molecule has 0 radical (unpaired) electrons. The number of hydrogen-bond donors (Lipinski definition) is 0. The van der Waals surface area contributed by atoms with Crippen LogP contribution in [0.2, 0.25) is 0 Å². The van der Waals surface area contributed by atoms with Gasteiger partial charge in [0.1, 0.15) is 12.2 Å². The highest BCUT2D eigenvalue weighted by Gasteiger charge is 2.67. The number of carbonyl (C=O) groups is 2. The van der Waals surface area contributed by atoms with Gasteiger partial charge < -0.3 is 19.3 Å². The van der Waals surface area contributed by atoms with Crippen molar-refractivity contribution in [1.29, 1.82) is 0 Å². The summed E-state index contributed by atoms with van der Waals surface area (Å²) >= 11 is 0. The minimum Gasteiger partial charge on any atom is -0.445 e. The number of rotatable bonds is 6. The molecule has 2 saturated heterocycles. The van der Waals surface area contributed by atoms with Gasteiger partial charge in [0.05, 0.1) is 0 Å². The lowest BCUT2D eigenvalue weighted by molar-refractivity contribution is -0.224. The van der Waals surface area contributed by atoms with Gasteiger partial charge in [-0.2, -0.15) is 0 Å². The minimum atomic E-state index is -0.438. The molecule has 0 unspecified atom stereocenters. The van der Waals surface area contributed by atoms with E-state index in [1.54, 1.807) is 0 Å². The summed E-state index contributed by atoms with van der Waals surface area (Å²) in [6.07, 6.45) is 3.59. The molecule has 1 aromatic rings. The Morgan fingerprint density at radius 1 is 0.750 bits per heavy atom. The first kappa shape index (κ1) is 25.3. The van der Waals surface area contributed by atoms with Gasteiger partial charge in [-0.05, 0) is 56.4 Å². The van der Waals surface area contributed by atoms with Crippen LogP contribution < -0.4 is 0 Å². The molecule has 198 valence electrons. The van der Waals surface area contributed by atoms with Gasteiger partial charge in [0.25, 0.3) is 0 Å². The molecule has 6 rings (SSSR count). The monoisotopic (exact) mass is 498 g/mol. The highest BCUT2D eigenvalue weighted by molar-refractivity contribution is 5.68. The first-order valence-corrected chi connectivity index (χ1v) is 13.5. The largest absolute Gasteiger partial charge is 0.445 e. The zero-order valence-electron chi connectivity index (χ0n) is 22.2. The zero-order chi connectivity index (χ0) is 25.4. The molecule has 0 atom stereocenters. The second-order valence-electron chi connectivity index (χ2n) is 12.6. The predicted octanol–water partition coefficient (Wildman–Crippen LogP) is 3.66. The summed E-state index contributed by atoms with van der Waals surface area (Å²) in [5.41, 5.74) is 1.57. The Labute approximate surface area is 215 Å². The van der Waals surface area contributed by atoms with Crippen molar-refractivity contribution in [3.63, 3.8) is 0 Å². The fourth-order valence-electron chi connectivity index (χ4n) is 6.83. The summed E-state index contributed by atoms with van der Waals surface area (Å²) in [6, 6.07) is 9.85. The van der Waals surface area contributed by atoms with Gasteiger partial charge in [0, 0.05) is 65.4 Å². The van der Waals surface area contributed by atoms with Crippen LogP contribution in [0.25, 0.3) is 0 Å². The SMILES string of the molecule is CC(C)(C)OC(=O)N1CCN(CC23CC(CN4CCN(C(=O)OCc5ccccc5)CC4)(C2)C3)CC1. The molecule has 0 N–H and O–H groups in total. The molecule has 8 nitrogen and oxygen atoms in total. The smallest absolute Gasteiger partial charge is 0.410 e. The van der Waals surface area contributed by atoms with E-state index < -0.39 is 5.60 Å². The van der Waals surface area contributed by atoms with Crippen LogP contribution in [-0.4, -0.2) is 103 Å². The van der Waals surface area contributed by atoms with Crippen LogP contribution in [0.1, 0.15) is 45.6 Å². The number of carbonyl (C=O) groups excluding carboxylic acids is 2. The third-order valence-electron chi connectivity index (χ3n) is 8.23. The highest BCUT2D eigenvalue weighted by Crippen LogP contribution is 2.73. The molecule has 2 heterocycles. The summed E-state index contributed by atoms with van der Waals surface area (Å²) in [4.78, 5) is 33.5. The molecule has 1 aromatic carbocycles. The van der Waals surface area contributed by atoms with Crippen molar-refractivity contribution < 1.29 is 19.1 Å². The Morgan fingerprint density at radius 2 is 1.22 bits per heavy atom. The van der Waals surface area contributed by atoms with Crippen molar-refractivity contribution in [2.75, 3.05) is 65.4 Å². The second-order valence-corrected chi connectivity index (χ2v) is 12.6. The van der Waals surface area contributed by atoms with Crippen LogP contribution in [0.5, 0.6) is 0 Å². The van der Waals surface area contributed by atoms with E-state index in [1.165, 1.54) is 19.3 Å². The Bertz CT molecular complexity index is 911. The van der Waals surface area contributed by atoms with E-state index in [0.717, 1.165) is 71.0 Å². The summed E-state index contributed by atoms with van der Waals surface area (Å²) < 4.78 is 11.0. The molecule has 8 heteroatoms. The molecular weight excluding hydrogens is 456 g/mol. The average molecular weight is 499 g/mol. The standard InChI is InChI=1S/C28H42N4O4/c1-26(2,3)36-25(34)32-15-11-30(12-16-32)22-28-18-27(19-28,20-28)21-29-9-13-31(14-10-29)24(33)35-17-23-7-5-4-6-8-23/h4-8H,9-22H2,1-3H3. The molecule has 5 fully saturated rings. The van der Waals surface area contributed by atoms with Crippen molar-refractivity contribution >= 4 is 12.2 Å². The lowest BCUT2D eigenvalue weighted by atomic mass is 9.35. The van der Waals surface area contributed by atoms with Crippen molar-refractivity contribution in [3.05, 3.63) is 35.9 Å². The first-order chi connectivity index (χ1) is 17.1. The molecule has 36 heavy (non-hydrogen) atoms. The number of piperazine rings is 2. The summed E-state index contributed by atoms with van der Waals surface area (Å²) in [5, 5.41) is 0. The quantitative estimate of drug-likeness (QED) is 0.597. The molecule has 2 aliphatic heterocycles. The lowest BCUT2D eigenvalue weighted by Crippen LogP contribution is -2.70. The van der Waals surface area contributed by atoms with Crippen molar-refractivity contribution in [3.8, 4) is 0 Å². The number of amides is 2. The van der Waals surface area contributed by atoms with Crippen LogP contribution in [0.15, 0.2) is 30.3 Å². The molecule has 5 aliphatic rings. The maximum absolute atomic E-state index is 12.4. The normalized spacial score (nSPS) is 28.8. The highest BCUT2D eigenvalue weighted by atomic mass is 16.6. The number of hydrogen-bond acceptors (Lipinski definition) is 6. The van der Waals surface area contributed by atoms with Gasteiger partial charge in [-0.3, -0.25) is 9.80 Å². The van der Waals surface area contributed by atoms with Crippen LogP contribution in [0, 0.1) is 10.8 Å². The predicted molar refractivity (Wildman–Crippen MR) is 138 cm³/mol. The van der Waals surface area contributed by atoms with E-state index in [-0.39, 0.29) is 12.2 Å². The van der Waals surface area contributed by atoms with Crippen LogP contribution in [0.3, 0.4) is 0 Å². The van der Waals surface area contributed by atoms with Crippen molar-refractivity contribution in [2.45, 2.75) is 52.2 Å². The first-order valence-electron chi connectivity index (χ1n) is 13.5. The van der Waals surface area contributed by atoms with Crippen molar-refractivity contribution in [1.82, 2.24) is 19.6 Å². The maximum Gasteiger partial charge on any atom is 0.410 e. The molecular formula is C28H42N4O4. The van der Waals surface area contributed by atoms with Gasteiger partial charge >= 0.3 is 12.2 Å². The fraction of sp³-hybridized carbons (Fsp3) is 0.714. The Morgan fingerprint density at radius 3 is 1.69 bits per heavy atom. The van der Waals surface area contributed by atoms with Crippen LogP contribution in [-0.2, 0) is 16.1 Å². The molecule has 3 saturated carbocycles. The van der Waals surface area contributed by atoms with Gasteiger partial charge in [-0.1, -0.05) is 30.3 Å². The summed E-state index contributed by atoms with van der Waals surface area (Å²) in [5.74, 6) is 0. The zero-order valence-corrected chi connectivity index (χ0v) is 22.2. The van der Waals surface area contributed by atoms with Gasteiger partial charge in [0.15, 0.2) is 0 Å². The maximum atomic E-state index is 12.4. The van der Waals surface area contributed by atoms with Gasteiger partial charge in [-0.15, -0.1) is 0 Å². The van der Waals surface area contributed by atoms with E-state index in [2.05, 4.69) is 9.80 Å². The number of benzene rings is 1. The Balaban J connectivity index is 0.973. The van der Waals surface area contributed by atoms with E-state index in [9.17, 15) is 9.59 Å². The topological polar surface area (TPSA) is 65.6 Å². The second kappa shape index (κ2) is 9.86. The number of ether oxygens (including phenoxy) is 2. The molecule has 3 aliphatic carbocycles. The van der Waals surface area contributed by atoms with Crippen LogP contribution >= 0.6 is 0 Å². The van der Waals surface area contributed by atoms with Gasteiger partial charge in [0.2, 0.25) is 0 Å². The van der Waals surface area contributed by atoms with Crippen LogP contribution in [0.4, 0.5) is 9.59 Å². The molecule has 2 bridgehead atoms. The average Bonchev–Trinajstić information content (AvgIpc) is 2.81. The van der Waals surface area contributed by atoms with E-state index >= 15 is 0 Å². The Kier molecular flexibility index (Phi) is 6.94. The Hall–Kier alpha value is -2.32. The summed E-state index contributed by atoms with van der Waals surface area (Å²) in [6.45, 7) is 15.2. The van der Waals surface area contributed by atoms with E-state index in [1.807, 2.05) is 60.9 Å².